The van der Waals surface area contributed by atoms with Crippen LogP contribution in [0.15, 0.2) is 24.3 Å². The molecular weight excluding hydrogens is 310 g/mol. The highest BCUT2D eigenvalue weighted by Crippen LogP contribution is 2.30. The summed E-state index contributed by atoms with van der Waals surface area (Å²) in [6.45, 7) is 5.30. The molecular formula is C18H23NO5. The van der Waals surface area contributed by atoms with Gasteiger partial charge in [-0.1, -0.05) is 13.0 Å². The van der Waals surface area contributed by atoms with Crippen LogP contribution < -0.4 is 14.8 Å². The van der Waals surface area contributed by atoms with Crippen molar-refractivity contribution >= 4 is 18.0 Å². The van der Waals surface area contributed by atoms with Crippen LogP contribution in [0, 0.1) is 0 Å². The summed E-state index contributed by atoms with van der Waals surface area (Å²) in [4.78, 5) is 23.5. The molecule has 1 aromatic carbocycles. The Labute approximate surface area is 141 Å². The smallest absolute Gasteiger partial charge is 0.331 e. The van der Waals surface area contributed by atoms with Crippen LogP contribution in [0.3, 0.4) is 0 Å². The van der Waals surface area contributed by atoms with Gasteiger partial charge in [-0.15, -0.1) is 0 Å². The normalized spacial score (nSPS) is 14.8. The minimum Gasteiger partial charge on any atom is -0.490 e. The second-order valence-corrected chi connectivity index (χ2v) is 5.46. The lowest BCUT2D eigenvalue weighted by Crippen LogP contribution is -2.35. The number of ether oxygens (including phenoxy) is 3. The van der Waals surface area contributed by atoms with Crippen molar-refractivity contribution in [2.45, 2.75) is 32.8 Å². The lowest BCUT2D eigenvalue weighted by Gasteiger charge is -2.11. The van der Waals surface area contributed by atoms with Gasteiger partial charge in [-0.05, 0) is 37.1 Å². The Hall–Kier alpha value is -2.50. The van der Waals surface area contributed by atoms with Gasteiger partial charge in [0.25, 0.3) is 5.91 Å². The Morgan fingerprint density at radius 2 is 2.04 bits per heavy atom. The fourth-order valence-electron chi connectivity index (χ4n) is 2.11. The van der Waals surface area contributed by atoms with Crippen LogP contribution in [0.4, 0.5) is 0 Å². The molecule has 130 valence electrons. The molecule has 0 aromatic heterocycles. The number of fused-ring (bicyclic) bond motifs is 1. The van der Waals surface area contributed by atoms with Crippen LogP contribution in [0.1, 0.15) is 32.3 Å². The molecule has 0 spiro atoms. The van der Waals surface area contributed by atoms with Crippen molar-refractivity contribution in [3.8, 4) is 11.5 Å². The molecule has 24 heavy (non-hydrogen) atoms. The molecule has 1 amide bonds. The Kier molecular flexibility index (Phi) is 6.66. The number of carbonyl (C=O) groups excluding carboxylic acids is 2. The number of benzene rings is 1. The van der Waals surface area contributed by atoms with Gasteiger partial charge in [-0.2, -0.15) is 0 Å². The molecule has 1 aliphatic heterocycles. The van der Waals surface area contributed by atoms with E-state index in [-0.39, 0.29) is 5.91 Å². The van der Waals surface area contributed by atoms with Crippen LogP contribution in [0.25, 0.3) is 6.08 Å². The van der Waals surface area contributed by atoms with Gasteiger partial charge in [0.2, 0.25) is 0 Å². The van der Waals surface area contributed by atoms with E-state index in [1.807, 2.05) is 25.1 Å². The molecule has 2 rings (SSSR count). The highest BCUT2D eigenvalue weighted by Gasteiger charge is 2.15. The third-order valence-corrected chi connectivity index (χ3v) is 3.39. The first-order valence-corrected chi connectivity index (χ1v) is 8.16. The molecule has 1 N–H and O–H groups in total. The summed E-state index contributed by atoms with van der Waals surface area (Å²) in [6, 6.07) is 5.45. The molecule has 0 radical (unpaired) electrons. The average molecular weight is 333 g/mol. The molecule has 0 saturated carbocycles. The SMILES string of the molecule is CCCNC(=O)[C@@H](C)OC(=O)/C=C/c1ccc2c(c1)OCCCO2. The predicted octanol–water partition coefficient (Wildman–Crippen LogP) is 2.32. The third kappa shape index (κ3) is 5.30. The summed E-state index contributed by atoms with van der Waals surface area (Å²) in [7, 11) is 0. The number of rotatable bonds is 6. The van der Waals surface area contributed by atoms with Gasteiger partial charge in [0.15, 0.2) is 17.6 Å². The van der Waals surface area contributed by atoms with Crippen LogP contribution >= 0.6 is 0 Å². The number of amides is 1. The largest absolute Gasteiger partial charge is 0.490 e. The fraction of sp³-hybridized carbons (Fsp3) is 0.444. The standard InChI is InChI=1S/C18H23NO5/c1-3-9-19-18(21)13(2)24-17(20)8-6-14-5-7-15-16(12-14)23-11-4-10-22-15/h5-8,12-13H,3-4,9-11H2,1-2H3,(H,19,21)/b8-6+/t13-/m1/s1. The zero-order valence-corrected chi connectivity index (χ0v) is 14.0. The fourth-order valence-corrected chi connectivity index (χ4v) is 2.11. The topological polar surface area (TPSA) is 73.9 Å². The summed E-state index contributed by atoms with van der Waals surface area (Å²) in [5.74, 6) is 0.499. The zero-order chi connectivity index (χ0) is 17.4. The van der Waals surface area contributed by atoms with E-state index in [9.17, 15) is 9.59 Å². The maximum absolute atomic E-state index is 11.8. The van der Waals surface area contributed by atoms with Crippen LogP contribution in [-0.4, -0.2) is 37.7 Å². The molecule has 0 aliphatic carbocycles. The molecule has 0 fully saturated rings. The van der Waals surface area contributed by atoms with Gasteiger partial charge in [-0.3, -0.25) is 4.79 Å². The van der Waals surface area contributed by atoms with Crippen molar-refractivity contribution in [2.75, 3.05) is 19.8 Å². The Morgan fingerprint density at radius 3 is 2.79 bits per heavy atom. The second-order valence-electron chi connectivity index (χ2n) is 5.46. The number of carbonyl (C=O) groups is 2. The molecule has 1 aromatic rings. The monoisotopic (exact) mass is 333 g/mol. The zero-order valence-electron chi connectivity index (χ0n) is 14.0. The number of hydrogen-bond donors (Lipinski definition) is 1. The van der Waals surface area contributed by atoms with Crippen molar-refractivity contribution in [3.05, 3.63) is 29.8 Å². The van der Waals surface area contributed by atoms with E-state index >= 15 is 0 Å². The van der Waals surface area contributed by atoms with Gasteiger partial charge in [0.1, 0.15) is 0 Å². The summed E-state index contributed by atoms with van der Waals surface area (Å²) < 4.78 is 16.2. The van der Waals surface area contributed by atoms with E-state index in [1.54, 1.807) is 13.0 Å². The first-order valence-electron chi connectivity index (χ1n) is 8.16. The van der Waals surface area contributed by atoms with Crippen molar-refractivity contribution in [3.63, 3.8) is 0 Å². The first kappa shape index (κ1) is 17.8. The third-order valence-electron chi connectivity index (χ3n) is 3.39. The summed E-state index contributed by atoms with van der Waals surface area (Å²) in [5, 5.41) is 2.68. The van der Waals surface area contributed by atoms with E-state index in [0.29, 0.717) is 31.3 Å². The van der Waals surface area contributed by atoms with E-state index in [2.05, 4.69) is 5.32 Å². The minimum atomic E-state index is -0.822. The predicted molar refractivity (Wildman–Crippen MR) is 89.9 cm³/mol. The maximum atomic E-state index is 11.8. The lowest BCUT2D eigenvalue weighted by atomic mass is 10.2. The molecule has 0 bridgehead atoms. The summed E-state index contributed by atoms with van der Waals surface area (Å²) in [6.07, 6.45) is 3.76. The molecule has 1 atom stereocenters. The van der Waals surface area contributed by atoms with E-state index in [4.69, 9.17) is 14.2 Å². The molecule has 0 unspecified atom stereocenters. The van der Waals surface area contributed by atoms with Crippen LogP contribution in [0.2, 0.25) is 0 Å². The van der Waals surface area contributed by atoms with Crippen molar-refractivity contribution < 1.29 is 23.8 Å². The molecule has 6 nitrogen and oxygen atoms in total. The van der Waals surface area contributed by atoms with Gasteiger partial charge in [0, 0.05) is 19.0 Å². The highest BCUT2D eigenvalue weighted by atomic mass is 16.5. The van der Waals surface area contributed by atoms with Gasteiger partial charge >= 0.3 is 5.97 Å². The minimum absolute atomic E-state index is 0.297. The van der Waals surface area contributed by atoms with Gasteiger partial charge in [-0.25, -0.2) is 4.79 Å². The second kappa shape index (κ2) is 8.96. The number of hydrogen-bond acceptors (Lipinski definition) is 5. The van der Waals surface area contributed by atoms with Crippen LogP contribution in [-0.2, 0) is 14.3 Å². The van der Waals surface area contributed by atoms with Crippen molar-refractivity contribution in [1.82, 2.24) is 5.32 Å². The molecule has 1 heterocycles. The first-order chi connectivity index (χ1) is 11.6. The Balaban J connectivity index is 1.91. The Bertz CT molecular complexity index is 611. The molecule has 0 saturated heterocycles. The van der Waals surface area contributed by atoms with Gasteiger partial charge < -0.3 is 19.5 Å². The van der Waals surface area contributed by atoms with E-state index in [0.717, 1.165) is 18.4 Å². The average Bonchev–Trinajstić information content (AvgIpc) is 2.82. The summed E-state index contributed by atoms with van der Waals surface area (Å²) >= 11 is 0. The molecule has 6 heteroatoms. The van der Waals surface area contributed by atoms with Crippen molar-refractivity contribution in [1.29, 1.82) is 0 Å². The number of esters is 1. The van der Waals surface area contributed by atoms with Gasteiger partial charge in [0.05, 0.1) is 13.2 Å². The van der Waals surface area contributed by atoms with Crippen molar-refractivity contribution in [2.24, 2.45) is 0 Å². The Morgan fingerprint density at radius 1 is 1.29 bits per heavy atom. The molecule has 1 aliphatic rings. The maximum Gasteiger partial charge on any atom is 0.331 e. The van der Waals surface area contributed by atoms with E-state index in [1.165, 1.54) is 6.08 Å². The quantitative estimate of drug-likeness (QED) is 0.639. The van der Waals surface area contributed by atoms with Crippen LogP contribution in [0.5, 0.6) is 11.5 Å². The number of nitrogens with one attached hydrogen (secondary N) is 1. The summed E-state index contributed by atoms with van der Waals surface area (Å²) in [5.41, 5.74) is 0.791. The lowest BCUT2D eigenvalue weighted by molar-refractivity contribution is -0.150. The van der Waals surface area contributed by atoms with E-state index < -0.39 is 12.1 Å². The highest BCUT2D eigenvalue weighted by molar-refractivity contribution is 5.90.